The lowest BCUT2D eigenvalue weighted by atomic mass is 10.2. The molecule has 24 heavy (non-hydrogen) atoms. The number of aromatic nitrogens is 4. The molecule has 8 nitrogen and oxygen atoms in total. The molecular formula is C16H25N5O3. The Morgan fingerprint density at radius 2 is 1.96 bits per heavy atom. The number of hydrogen-bond acceptors (Lipinski definition) is 5. The maximum atomic E-state index is 12.3. The number of fused-ring (bicyclic) bond motifs is 1. The van der Waals surface area contributed by atoms with E-state index >= 15 is 0 Å². The zero-order chi connectivity index (χ0) is 17.1. The van der Waals surface area contributed by atoms with Crippen molar-refractivity contribution in [1.82, 2.24) is 24.0 Å². The molecule has 8 heteroatoms. The number of nitrogens with zero attached hydrogens (tertiary/aromatic N) is 4. The summed E-state index contributed by atoms with van der Waals surface area (Å²) in [7, 11) is 1.64. The van der Waals surface area contributed by atoms with Crippen molar-refractivity contribution in [3.05, 3.63) is 26.7 Å². The molecule has 1 N–H and O–H groups in total. The van der Waals surface area contributed by atoms with Gasteiger partial charge in [0.15, 0.2) is 11.2 Å². The number of aromatic amines is 1. The smallest absolute Gasteiger partial charge is 0.329 e. The van der Waals surface area contributed by atoms with E-state index in [1.54, 1.807) is 7.05 Å². The largest absolute Gasteiger partial charge is 0.379 e. The first-order valence-corrected chi connectivity index (χ1v) is 8.60. The van der Waals surface area contributed by atoms with Crippen LogP contribution in [0.25, 0.3) is 11.2 Å². The highest BCUT2D eigenvalue weighted by Crippen LogP contribution is 2.15. The predicted octanol–water partition coefficient (Wildman–Crippen LogP) is 0.446. The first-order chi connectivity index (χ1) is 11.6. The minimum Gasteiger partial charge on any atom is -0.379 e. The number of rotatable bonds is 6. The van der Waals surface area contributed by atoms with Gasteiger partial charge in [0, 0.05) is 26.7 Å². The summed E-state index contributed by atoms with van der Waals surface area (Å²) >= 11 is 0. The van der Waals surface area contributed by atoms with E-state index in [-0.39, 0.29) is 5.56 Å². The van der Waals surface area contributed by atoms with E-state index in [1.807, 2.05) is 4.57 Å². The summed E-state index contributed by atoms with van der Waals surface area (Å²) in [6.45, 7) is 6.70. The van der Waals surface area contributed by atoms with Gasteiger partial charge in [-0.25, -0.2) is 9.78 Å². The van der Waals surface area contributed by atoms with Crippen LogP contribution in [-0.4, -0.2) is 50.3 Å². The summed E-state index contributed by atoms with van der Waals surface area (Å²) in [6, 6.07) is 0. The minimum absolute atomic E-state index is 0.356. The summed E-state index contributed by atoms with van der Waals surface area (Å²) in [5.41, 5.74) is 0.175. The third kappa shape index (κ3) is 3.29. The summed E-state index contributed by atoms with van der Waals surface area (Å²) in [6.07, 6.45) is 3.20. The lowest BCUT2D eigenvalue weighted by Crippen LogP contribution is -2.36. The molecule has 0 atom stereocenters. The van der Waals surface area contributed by atoms with E-state index in [2.05, 4.69) is 21.8 Å². The van der Waals surface area contributed by atoms with Gasteiger partial charge in [0.05, 0.1) is 19.8 Å². The van der Waals surface area contributed by atoms with Crippen molar-refractivity contribution < 1.29 is 4.74 Å². The Hall–Kier alpha value is -1.93. The van der Waals surface area contributed by atoms with Gasteiger partial charge in [-0.15, -0.1) is 0 Å². The minimum atomic E-state index is -0.427. The van der Waals surface area contributed by atoms with E-state index in [4.69, 9.17) is 4.74 Å². The van der Waals surface area contributed by atoms with Gasteiger partial charge < -0.3 is 9.30 Å². The molecule has 0 aromatic carbocycles. The SMILES string of the molecule is CCCCCn1c(CN2CCOCC2)nc2c1c(=O)[nH]c(=O)n2C. The number of unbranched alkanes of at least 4 members (excludes halogenated alkanes) is 2. The van der Waals surface area contributed by atoms with Gasteiger partial charge in [0.25, 0.3) is 5.56 Å². The van der Waals surface area contributed by atoms with Crippen molar-refractivity contribution in [3.8, 4) is 0 Å². The fourth-order valence-corrected chi connectivity index (χ4v) is 3.12. The summed E-state index contributed by atoms with van der Waals surface area (Å²) in [5, 5.41) is 0. The van der Waals surface area contributed by atoms with Crippen LogP contribution in [0.15, 0.2) is 9.59 Å². The van der Waals surface area contributed by atoms with Crippen molar-refractivity contribution in [1.29, 1.82) is 0 Å². The molecule has 1 fully saturated rings. The molecule has 132 valence electrons. The van der Waals surface area contributed by atoms with Crippen LogP contribution in [0.5, 0.6) is 0 Å². The molecule has 2 aromatic rings. The Morgan fingerprint density at radius 3 is 2.67 bits per heavy atom. The number of nitrogens with one attached hydrogen (secondary N) is 1. The van der Waals surface area contributed by atoms with E-state index in [9.17, 15) is 9.59 Å². The van der Waals surface area contributed by atoms with Gasteiger partial charge in [-0.3, -0.25) is 19.2 Å². The van der Waals surface area contributed by atoms with Crippen molar-refractivity contribution in [3.63, 3.8) is 0 Å². The zero-order valence-electron chi connectivity index (χ0n) is 14.4. The maximum Gasteiger partial charge on any atom is 0.329 e. The van der Waals surface area contributed by atoms with Crippen LogP contribution in [0.1, 0.15) is 32.0 Å². The third-order valence-electron chi connectivity index (χ3n) is 4.54. The molecule has 0 spiro atoms. The second-order valence-electron chi connectivity index (χ2n) is 6.27. The molecule has 0 amide bonds. The highest BCUT2D eigenvalue weighted by atomic mass is 16.5. The molecular weight excluding hydrogens is 310 g/mol. The fourth-order valence-electron chi connectivity index (χ4n) is 3.12. The van der Waals surface area contributed by atoms with Gasteiger partial charge in [0.1, 0.15) is 5.82 Å². The van der Waals surface area contributed by atoms with Gasteiger partial charge in [-0.2, -0.15) is 0 Å². The van der Waals surface area contributed by atoms with Gasteiger partial charge >= 0.3 is 5.69 Å². The average Bonchev–Trinajstić information content (AvgIpc) is 2.93. The Kier molecular flexibility index (Phi) is 5.15. The van der Waals surface area contributed by atoms with E-state index < -0.39 is 5.69 Å². The number of imidazole rings is 1. The Labute approximate surface area is 140 Å². The predicted molar refractivity (Wildman–Crippen MR) is 91.2 cm³/mol. The number of H-pyrrole nitrogens is 1. The molecule has 3 heterocycles. The molecule has 3 rings (SSSR count). The van der Waals surface area contributed by atoms with Crippen molar-refractivity contribution >= 4 is 11.2 Å². The Balaban J connectivity index is 2.03. The molecule has 1 aliphatic heterocycles. The quantitative estimate of drug-likeness (QED) is 0.775. The lowest BCUT2D eigenvalue weighted by Gasteiger charge is -2.26. The highest BCUT2D eigenvalue weighted by molar-refractivity contribution is 5.70. The highest BCUT2D eigenvalue weighted by Gasteiger charge is 2.20. The van der Waals surface area contributed by atoms with Crippen LogP contribution in [0, 0.1) is 0 Å². The fraction of sp³-hybridized carbons (Fsp3) is 0.688. The second-order valence-corrected chi connectivity index (χ2v) is 6.27. The Morgan fingerprint density at radius 1 is 1.21 bits per heavy atom. The third-order valence-corrected chi connectivity index (χ3v) is 4.54. The van der Waals surface area contributed by atoms with E-state index in [1.165, 1.54) is 4.57 Å². The summed E-state index contributed by atoms with van der Waals surface area (Å²) in [5.74, 6) is 0.842. The summed E-state index contributed by atoms with van der Waals surface area (Å²) < 4.78 is 8.79. The number of morpholine rings is 1. The summed E-state index contributed by atoms with van der Waals surface area (Å²) in [4.78, 5) is 33.5. The normalized spacial score (nSPS) is 16.1. The van der Waals surface area contributed by atoms with Gasteiger partial charge in [-0.1, -0.05) is 19.8 Å². The van der Waals surface area contributed by atoms with Crippen LogP contribution < -0.4 is 11.2 Å². The first-order valence-electron chi connectivity index (χ1n) is 8.60. The monoisotopic (exact) mass is 335 g/mol. The molecule has 0 aliphatic carbocycles. The molecule has 0 radical (unpaired) electrons. The maximum absolute atomic E-state index is 12.3. The molecule has 0 saturated carbocycles. The molecule has 0 unspecified atom stereocenters. The van der Waals surface area contributed by atoms with Gasteiger partial charge in [0.2, 0.25) is 0 Å². The average molecular weight is 335 g/mol. The van der Waals surface area contributed by atoms with Crippen LogP contribution in [0.2, 0.25) is 0 Å². The van der Waals surface area contributed by atoms with Crippen LogP contribution >= 0.6 is 0 Å². The number of ether oxygens (including phenoxy) is 1. The van der Waals surface area contributed by atoms with Crippen LogP contribution in [-0.2, 0) is 24.9 Å². The number of hydrogen-bond donors (Lipinski definition) is 1. The Bertz CT molecular complexity index is 813. The lowest BCUT2D eigenvalue weighted by molar-refractivity contribution is 0.0326. The number of aryl methyl sites for hydroxylation is 2. The molecule has 1 saturated heterocycles. The topological polar surface area (TPSA) is 85.2 Å². The molecule has 1 aliphatic rings. The van der Waals surface area contributed by atoms with Crippen LogP contribution in [0.4, 0.5) is 0 Å². The van der Waals surface area contributed by atoms with Gasteiger partial charge in [-0.05, 0) is 6.42 Å². The first kappa shape index (κ1) is 16.9. The van der Waals surface area contributed by atoms with Crippen molar-refractivity contribution in [2.24, 2.45) is 7.05 Å². The van der Waals surface area contributed by atoms with E-state index in [0.29, 0.717) is 17.7 Å². The standard InChI is InChI=1S/C16H25N5O3/c1-3-4-5-6-21-12(11-20-7-9-24-10-8-20)17-14-13(21)15(22)18-16(23)19(14)2/h3-11H2,1-2H3,(H,18,22,23). The van der Waals surface area contributed by atoms with Crippen molar-refractivity contribution in [2.45, 2.75) is 39.3 Å². The zero-order valence-corrected chi connectivity index (χ0v) is 14.4. The van der Waals surface area contributed by atoms with Crippen LogP contribution in [0.3, 0.4) is 0 Å². The van der Waals surface area contributed by atoms with E-state index in [0.717, 1.165) is 57.9 Å². The van der Waals surface area contributed by atoms with Crippen molar-refractivity contribution in [2.75, 3.05) is 26.3 Å². The molecule has 0 bridgehead atoms. The molecule has 2 aromatic heterocycles. The second kappa shape index (κ2) is 7.31.